The summed E-state index contributed by atoms with van der Waals surface area (Å²) in [4.78, 5) is 15.1. The second-order valence-corrected chi connectivity index (χ2v) is 5.39. The number of carbonyl (C=O) groups excluding carboxylic acids is 1. The van der Waals surface area contributed by atoms with Gasteiger partial charge in [0.2, 0.25) is 0 Å². The Labute approximate surface area is 118 Å². The lowest BCUT2D eigenvalue weighted by Gasteiger charge is -2.39. The maximum atomic E-state index is 13.4. The fraction of sp³-hybridized carbons (Fsp3) is 0.562. The smallest absolute Gasteiger partial charge is 0.183 e. The molecule has 1 heterocycles. The average Bonchev–Trinajstić information content (AvgIpc) is 2.98. The highest BCUT2D eigenvalue weighted by molar-refractivity contribution is 6.03. The van der Waals surface area contributed by atoms with Crippen LogP contribution in [0, 0.1) is 11.6 Å². The van der Waals surface area contributed by atoms with Crippen LogP contribution in [0.5, 0.6) is 0 Å². The van der Waals surface area contributed by atoms with E-state index in [0.29, 0.717) is 12.8 Å². The first-order valence-electron chi connectivity index (χ1n) is 7.30. The van der Waals surface area contributed by atoms with Crippen LogP contribution >= 0.6 is 0 Å². The van der Waals surface area contributed by atoms with Crippen molar-refractivity contribution < 1.29 is 13.6 Å². The summed E-state index contributed by atoms with van der Waals surface area (Å²) in [6, 6.07) is 3.44. The summed E-state index contributed by atoms with van der Waals surface area (Å²) in [6.07, 6.45) is 3.54. The zero-order valence-corrected chi connectivity index (χ0v) is 12.1. The third kappa shape index (κ3) is 2.49. The van der Waals surface area contributed by atoms with E-state index >= 15 is 0 Å². The van der Waals surface area contributed by atoms with Gasteiger partial charge in [0.05, 0.1) is 5.54 Å². The number of carbonyl (C=O) groups is 1. The summed E-state index contributed by atoms with van der Waals surface area (Å²) in [5, 5.41) is 0. The first kappa shape index (κ1) is 15.1. The Hall–Kier alpha value is -1.29. The molecule has 0 bridgehead atoms. The van der Waals surface area contributed by atoms with Crippen molar-refractivity contribution in [1.29, 1.82) is 0 Å². The molecule has 110 valence electrons. The molecule has 1 saturated heterocycles. The van der Waals surface area contributed by atoms with Gasteiger partial charge in [0, 0.05) is 5.56 Å². The number of ketones is 1. The summed E-state index contributed by atoms with van der Waals surface area (Å²) < 4.78 is 26.4. The van der Waals surface area contributed by atoms with Crippen molar-refractivity contribution in [3.63, 3.8) is 0 Å². The summed E-state index contributed by atoms with van der Waals surface area (Å²) in [6.45, 7) is 5.77. The SMILES string of the molecule is CCC(CC)(C(=O)c1ccc(F)c(F)c1)N1CCCC1. The number of halogens is 2. The van der Waals surface area contributed by atoms with E-state index in [0.717, 1.165) is 38.1 Å². The van der Waals surface area contributed by atoms with Crippen molar-refractivity contribution in [1.82, 2.24) is 4.90 Å². The van der Waals surface area contributed by atoms with E-state index in [1.807, 2.05) is 13.8 Å². The fourth-order valence-electron chi connectivity index (χ4n) is 3.21. The van der Waals surface area contributed by atoms with Crippen LogP contribution in [0.4, 0.5) is 8.78 Å². The molecule has 0 amide bonds. The van der Waals surface area contributed by atoms with Gasteiger partial charge in [-0.25, -0.2) is 8.78 Å². The molecule has 0 aliphatic carbocycles. The Kier molecular flexibility index (Phi) is 4.53. The lowest BCUT2D eigenvalue weighted by molar-refractivity contribution is 0.0581. The van der Waals surface area contributed by atoms with E-state index in [-0.39, 0.29) is 11.3 Å². The minimum atomic E-state index is -0.960. The van der Waals surface area contributed by atoms with Crippen LogP contribution < -0.4 is 0 Å². The molecule has 1 fully saturated rings. The lowest BCUT2D eigenvalue weighted by Crippen LogP contribution is -2.52. The number of hydrogen-bond acceptors (Lipinski definition) is 2. The number of benzene rings is 1. The van der Waals surface area contributed by atoms with E-state index < -0.39 is 17.2 Å². The second-order valence-electron chi connectivity index (χ2n) is 5.39. The Bertz CT molecular complexity index is 491. The molecule has 4 heteroatoms. The zero-order valence-electron chi connectivity index (χ0n) is 12.1. The van der Waals surface area contributed by atoms with Crippen molar-refractivity contribution in [2.24, 2.45) is 0 Å². The number of rotatable bonds is 5. The van der Waals surface area contributed by atoms with E-state index in [4.69, 9.17) is 0 Å². The highest BCUT2D eigenvalue weighted by Crippen LogP contribution is 2.32. The van der Waals surface area contributed by atoms with Gasteiger partial charge < -0.3 is 0 Å². The minimum absolute atomic E-state index is 0.0942. The van der Waals surface area contributed by atoms with Crippen LogP contribution in [0.1, 0.15) is 49.9 Å². The molecule has 0 atom stereocenters. The topological polar surface area (TPSA) is 20.3 Å². The molecule has 0 N–H and O–H groups in total. The maximum absolute atomic E-state index is 13.4. The molecule has 20 heavy (non-hydrogen) atoms. The molecule has 1 aromatic carbocycles. The Morgan fingerprint density at radius 3 is 2.25 bits per heavy atom. The average molecular weight is 281 g/mol. The van der Waals surface area contributed by atoms with Crippen LogP contribution in [0.15, 0.2) is 18.2 Å². The first-order chi connectivity index (χ1) is 9.55. The summed E-state index contributed by atoms with van der Waals surface area (Å²) in [7, 11) is 0. The predicted octanol–water partition coefficient (Wildman–Crippen LogP) is 3.80. The lowest BCUT2D eigenvalue weighted by atomic mass is 9.82. The largest absolute Gasteiger partial charge is 0.292 e. The molecular formula is C16H21F2NO. The van der Waals surface area contributed by atoms with Crippen molar-refractivity contribution >= 4 is 5.78 Å². The molecule has 0 radical (unpaired) electrons. The van der Waals surface area contributed by atoms with E-state index in [9.17, 15) is 13.6 Å². The maximum Gasteiger partial charge on any atom is 0.183 e. The Balaban J connectivity index is 2.37. The number of likely N-dealkylation sites (tertiary alicyclic amines) is 1. The highest BCUT2D eigenvalue weighted by atomic mass is 19.2. The van der Waals surface area contributed by atoms with Crippen LogP contribution in [0.3, 0.4) is 0 Å². The van der Waals surface area contributed by atoms with Gasteiger partial charge >= 0.3 is 0 Å². The van der Waals surface area contributed by atoms with Gasteiger partial charge in [0.25, 0.3) is 0 Å². The zero-order chi connectivity index (χ0) is 14.8. The fourth-order valence-corrected chi connectivity index (χ4v) is 3.21. The van der Waals surface area contributed by atoms with Gasteiger partial charge in [-0.1, -0.05) is 13.8 Å². The minimum Gasteiger partial charge on any atom is -0.292 e. The number of nitrogens with zero attached hydrogens (tertiary/aromatic N) is 1. The van der Waals surface area contributed by atoms with Crippen molar-refractivity contribution in [2.75, 3.05) is 13.1 Å². The number of Topliss-reactive ketones (excluding diaryl/α,β-unsaturated/α-hetero) is 1. The predicted molar refractivity (Wildman–Crippen MR) is 74.8 cm³/mol. The van der Waals surface area contributed by atoms with Gasteiger partial charge in [0.15, 0.2) is 17.4 Å². The molecule has 0 saturated carbocycles. The first-order valence-corrected chi connectivity index (χ1v) is 7.30. The van der Waals surface area contributed by atoms with Crippen LogP contribution in [0.25, 0.3) is 0 Å². The molecule has 1 aromatic rings. The monoisotopic (exact) mass is 281 g/mol. The summed E-state index contributed by atoms with van der Waals surface area (Å²) in [5.74, 6) is -1.97. The van der Waals surface area contributed by atoms with Crippen LogP contribution in [0.2, 0.25) is 0 Å². The molecule has 0 spiro atoms. The van der Waals surface area contributed by atoms with Crippen molar-refractivity contribution in [3.05, 3.63) is 35.4 Å². The third-order valence-corrected chi connectivity index (χ3v) is 4.49. The van der Waals surface area contributed by atoms with Gasteiger partial charge in [-0.15, -0.1) is 0 Å². The van der Waals surface area contributed by atoms with Crippen LogP contribution in [-0.4, -0.2) is 29.3 Å². The molecule has 1 aliphatic heterocycles. The van der Waals surface area contributed by atoms with Crippen molar-refractivity contribution in [3.8, 4) is 0 Å². The van der Waals surface area contributed by atoms with Gasteiger partial charge in [-0.05, 0) is 57.0 Å². The summed E-state index contributed by atoms with van der Waals surface area (Å²) in [5.41, 5.74) is -0.319. The Morgan fingerprint density at radius 1 is 1.15 bits per heavy atom. The molecule has 0 unspecified atom stereocenters. The molecule has 1 aliphatic rings. The summed E-state index contributed by atoms with van der Waals surface area (Å²) >= 11 is 0. The van der Waals surface area contributed by atoms with Gasteiger partial charge in [-0.2, -0.15) is 0 Å². The van der Waals surface area contributed by atoms with E-state index in [1.54, 1.807) is 0 Å². The van der Waals surface area contributed by atoms with E-state index in [2.05, 4.69) is 4.90 Å². The van der Waals surface area contributed by atoms with E-state index in [1.165, 1.54) is 6.07 Å². The molecule has 2 rings (SSSR count). The third-order valence-electron chi connectivity index (χ3n) is 4.49. The quantitative estimate of drug-likeness (QED) is 0.765. The Morgan fingerprint density at radius 2 is 1.75 bits per heavy atom. The molecule has 2 nitrogen and oxygen atoms in total. The molecular weight excluding hydrogens is 260 g/mol. The number of hydrogen-bond donors (Lipinski definition) is 0. The normalized spacial score (nSPS) is 16.6. The standard InChI is InChI=1S/C16H21F2NO/c1-3-16(4-2,19-9-5-6-10-19)15(20)12-7-8-13(17)14(18)11-12/h7-8,11H,3-6,9-10H2,1-2H3. The van der Waals surface area contributed by atoms with Crippen LogP contribution in [-0.2, 0) is 0 Å². The van der Waals surface area contributed by atoms with Crippen molar-refractivity contribution in [2.45, 2.75) is 45.1 Å². The van der Waals surface area contributed by atoms with Gasteiger partial charge in [-0.3, -0.25) is 9.69 Å². The second kappa shape index (κ2) is 6.00. The highest BCUT2D eigenvalue weighted by Gasteiger charge is 2.42. The van der Waals surface area contributed by atoms with Gasteiger partial charge in [0.1, 0.15) is 0 Å². The molecule has 0 aromatic heterocycles.